The van der Waals surface area contributed by atoms with Crippen LogP contribution in [0.2, 0.25) is 0 Å². The van der Waals surface area contributed by atoms with Gasteiger partial charge in [-0.15, -0.1) is 12.3 Å². The van der Waals surface area contributed by atoms with Gasteiger partial charge in [-0.1, -0.05) is 18.2 Å². The molecular formula is C19H20N4O2. The molecule has 2 aromatic rings. The van der Waals surface area contributed by atoms with Crippen LogP contribution in [0, 0.1) is 19.3 Å². The fourth-order valence-electron chi connectivity index (χ4n) is 2.55. The van der Waals surface area contributed by atoms with Gasteiger partial charge in [0.1, 0.15) is 5.76 Å². The number of oxazole rings is 1. The maximum atomic E-state index is 12.1. The van der Waals surface area contributed by atoms with Crippen molar-refractivity contribution in [3.63, 3.8) is 0 Å². The number of nitrogens with zero attached hydrogens (tertiary/aromatic N) is 3. The van der Waals surface area contributed by atoms with Gasteiger partial charge < -0.3 is 9.73 Å². The third-order valence-corrected chi connectivity index (χ3v) is 4.16. The molecule has 128 valence electrons. The highest BCUT2D eigenvalue weighted by atomic mass is 16.4. The molecule has 1 aromatic carbocycles. The first-order valence-corrected chi connectivity index (χ1v) is 8.28. The van der Waals surface area contributed by atoms with Crippen molar-refractivity contribution in [1.82, 2.24) is 10.3 Å². The molecular weight excluding hydrogens is 316 g/mol. The topological polar surface area (TPSA) is 79.9 Å². The Labute approximate surface area is 146 Å². The molecule has 3 rings (SSSR count). The van der Waals surface area contributed by atoms with Crippen molar-refractivity contribution in [2.24, 2.45) is 10.2 Å². The first kappa shape index (κ1) is 16.9. The van der Waals surface area contributed by atoms with E-state index >= 15 is 0 Å². The highest BCUT2D eigenvalue weighted by Gasteiger charge is 2.39. The Morgan fingerprint density at radius 2 is 2.04 bits per heavy atom. The Hall–Kier alpha value is -2.94. The molecule has 6 heteroatoms. The summed E-state index contributed by atoms with van der Waals surface area (Å²) in [6.07, 6.45) is 7.53. The number of hydrogen-bond donors (Lipinski definition) is 1. The number of rotatable bonds is 8. The van der Waals surface area contributed by atoms with Crippen LogP contribution in [0.1, 0.15) is 37.1 Å². The number of aryl methyl sites for hydroxylation is 1. The SMILES string of the molecule is C#CCCC1(CCC(=O)NCc2oc(-c3ccccc3)nc2C)N=N1. The number of hydrogen-bond acceptors (Lipinski definition) is 5. The average molecular weight is 336 g/mol. The lowest BCUT2D eigenvalue weighted by Crippen LogP contribution is -2.25. The molecule has 1 N–H and O–H groups in total. The lowest BCUT2D eigenvalue weighted by Gasteiger charge is -2.08. The molecule has 0 atom stereocenters. The zero-order chi connectivity index (χ0) is 17.7. The third-order valence-electron chi connectivity index (χ3n) is 4.16. The van der Waals surface area contributed by atoms with Crippen molar-refractivity contribution >= 4 is 5.91 Å². The van der Waals surface area contributed by atoms with Gasteiger partial charge in [0, 0.05) is 31.2 Å². The molecule has 0 saturated carbocycles. The summed E-state index contributed by atoms with van der Waals surface area (Å²) in [5.41, 5.74) is 1.26. The van der Waals surface area contributed by atoms with Gasteiger partial charge in [-0.3, -0.25) is 4.79 Å². The molecule has 0 spiro atoms. The number of carbonyl (C=O) groups excluding carboxylic acids is 1. The fraction of sp³-hybridized carbons (Fsp3) is 0.368. The van der Waals surface area contributed by atoms with E-state index in [9.17, 15) is 4.79 Å². The Morgan fingerprint density at radius 1 is 1.28 bits per heavy atom. The molecule has 0 aliphatic carbocycles. The quantitative estimate of drug-likeness (QED) is 0.748. The summed E-state index contributed by atoms with van der Waals surface area (Å²) in [7, 11) is 0. The molecule has 1 aliphatic rings. The normalized spacial score (nSPS) is 14.1. The zero-order valence-electron chi connectivity index (χ0n) is 14.2. The van der Waals surface area contributed by atoms with Crippen molar-refractivity contribution in [3.05, 3.63) is 41.8 Å². The molecule has 6 nitrogen and oxygen atoms in total. The smallest absolute Gasteiger partial charge is 0.226 e. The van der Waals surface area contributed by atoms with Crippen molar-refractivity contribution < 1.29 is 9.21 Å². The van der Waals surface area contributed by atoms with Crippen LogP contribution in [0.3, 0.4) is 0 Å². The third kappa shape index (κ3) is 4.32. The first-order chi connectivity index (χ1) is 12.1. The molecule has 1 aliphatic heterocycles. The van der Waals surface area contributed by atoms with Crippen LogP contribution < -0.4 is 5.32 Å². The van der Waals surface area contributed by atoms with Gasteiger partial charge in [-0.2, -0.15) is 10.2 Å². The van der Waals surface area contributed by atoms with Crippen LogP contribution in [0.4, 0.5) is 0 Å². The van der Waals surface area contributed by atoms with Crippen molar-refractivity contribution in [2.45, 2.75) is 44.8 Å². The molecule has 0 radical (unpaired) electrons. The zero-order valence-corrected chi connectivity index (χ0v) is 14.2. The minimum absolute atomic E-state index is 0.0607. The average Bonchev–Trinajstić information content (AvgIpc) is 3.32. The van der Waals surface area contributed by atoms with Gasteiger partial charge in [0.05, 0.1) is 12.2 Å². The van der Waals surface area contributed by atoms with Crippen LogP contribution in [-0.2, 0) is 11.3 Å². The van der Waals surface area contributed by atoms with Crippen LogP contribution in [0.15, 0.2) is 45.0 Å². The molecule has 1 aromatic heterocycles. The van der Waals surface area contributed by atoms with E-state index in [1.165, 1.54) is 0 Å². The molecule has 25 heavy (non-hydrogen) atoms. The summed E-state index contributed by atoms with van der Waals surface area (Å²) < 4.78 is 5.78. The van der Waals surface area contributed by atoms with E-state index in [1.807, 2.05) is 37.3 Å². The van der Waals surface area contributed by atoms with E-state index in [4.69, 9.17) is 10.8 Å². The molecule has 1 amide bonds. The van der Waals surface area contributed by atoms with Gasteiger partial charge in [0.25, 0.3) is 0 Å². The number of benzene rings is 1. The molecule has 2 heterocycles. The lowest BCUT2D eigenvalue weighted by atomic mass is 10.0. The maximum absolute atomic E-state index is 12.1. The fourth-order valence-corrected chi connectivity index (χ4v) is 2.55. The first-order valence-electron chi connectivity index (χ1n) is 8.28. The van der Waals surface area contributed by atoms with Gasteiger partial charge in [-0.05, 0) is 19.1 Å². The Balaban J connectivity index is 1.50. The Morgan fingerprint density at radius 3 is 2.72 bits per heavy atom. The van der Waals surface area contributed by atoms with Crippen LogP contribution in [-0.4, -0.2) is 16.6 Å². The standard InChI is InChI=1S/C19H20N4O2/c1-3-4-11-19(22-23-19)12-10-17(24)20-13-16-14(2)21-18(25-16)15-8-6-5-7-9-15/h1,5-9H,4,10-13H2,2H3,(H,20,24). The number of aromatic nitrogens is 1. The number of carbonyl (C=O) groups is 1. The number of amides is 1. The van der Waals surface area contributed by atoms with Crippen molar-refractivity contribution in [1.29, 1.82) is 0 Å². The number of terminal acetylenes is 1. The van der Waals surface area contributed by atoms with Gasteiger partial charge in [0.15, 0.2) is 5.66 Å². The van der Waals surface area contributed by atoms with Crippen molar-refractivity contribution in [3.8, 4) is 23.8 Å². The van der Waals surface area contributed by atoms with Gasteiger partial charge in [0.2, 0.25) is 11.8 Å². The Kier molecular flexibility index (Phi) is 4.94. The Bertz CT molecular complexity index is 812. The summed E-state index contributed by atoms with van der Waals surface area (Å²) in [5, 5.41) is 10.9. The predicted molar refractivity (Wildman–Crippen MR) is 93.4 cm³/mol. The molecule has 0 unspecified atom stereocenters. The molecule has 0 bridgehead atoms. The minimum atomic E-state index is -0.424. The maximum Gasteiger partial charge on any atom is 0.226 e. The van der Waals surface area contributed by atoms with E-state index in [0.717, 1.165) is 11.3 Å². The van der Waals surface area contributed by atoms with Crippen LogP contribution >= 0.6 is 0 Å². The van der Waals surface area contributed by atoms with Crippen molar-refractivity contribution in [2.75, 3.05) is 0 Å². The van der Waals surface area contributed by atoms with Gasteiger partial charge >= 0.3 is 0 Å². The molecule has 0 fully saturated rings. The monoisotopic (exact) mass is 336 g/mol. The summed E-state index contributed by atoms with van der Waals surface area (Å²) in [6, 6.07) is 9.67. The minimum Gasteiger partial charge on any atom is -0.439 e. The second-order valence-corrected chi connectivity index (χ2v) is 6.06. The summed E-state index contributed by atoms with van der Waals surface area (Å²) in [5.74, 6) is 3.74. The van der Waals surface area contributed by atoms with E-state index in [1.54, 1.807) is 0 Å². The van der Waals surface area contributed by atoms with E-state index < -0.39 is 5.66 Å². The number of nitrogens with one attached hydrogen (secondary N) is 1. The van der Waals surface area contributed by atoms with E-state index in [-0.39, 0.29) is 5.91 Å². The summed E-state index contributed by atoms with van der Waals surface area (Å²) in [4.78, 5) is 16.5. The van der Waals surface area contributed by atoms with Crippen LogP contribution in [0.5, 0.6) is 0 Å². The van der Waals surface area contributed by atoms with E-state index in [0.29, 0.717) is 43.9 Å². The van der Waals surface area contributed by atoms with E-state index in [2.05, 4.69) is 26.4 Å². The second-order valence-electron chi connectivity index (χ2n) is 6.06. The lowest BCUT2D eigenvalue weighted by molar-refractivity contribution is -0.121. The van der Waals surface area contributed by atoms with Gasteiger partial charge in [-0.25, -0.2) is 4.98 Å². The highest BCUT2D eigenvalue weighted by molar-refractivity contribution is 5.76. The van der Waals surface area contributed by atoms with Crippen LogP contribution in [0.25, 0.3) is 11.5 Å². The second kappa shape index (κ2) is 7.31. The predicted octanol–water partition coefficient (Wildman–Crippen LogP) is 3.62. The highest BCUT2D eigenvalue weighted by Crippen LogP contribution is 2.37. The largest absolute Gasteiger partial charge is 0.439 e. The summed E-state index contributed by atoms with van der Waals surface area (Å²) in [6.45, 7) is 2.18. The summed E-state index contributed by atoms with van der Waals surface area (Å²) >= 11 is 0. The molecule has 0 saturated heterocycles.